The van der Waals surface area contributed by atoms with Crippen molar-refractivity contribution < 1.29 is 19.1 Å². The van der Waals surface area contributed by atoms with E-state index in [9.17, 15) is 14.4 Å². The fraction of sp³-hybridized carbons (Fsp3) is 0.633. The van der Waals surface area contributed by atoms with Gasteiger partial charge in [0.25, 0.3) is 0 Å². The van der Waals surface area contributed by atoms with Crippen LogP contribution in [0.2, 0.25) is 0 Å². The van der Waals surface area contributed by atoms with Crippen LogP contribution >= 0.6 is 0 Å². The number of nitrogens with zero attached hydrogens (tertiary/aromatic N) is 1. The molecule has 7 nitrogen and oxygen atoms in total. The van der Waals surface area contributed by atoms with E-state index in [0.29, 0.717) is 23.9 Å². The Hall–Kier alpha value is -2.67. The number of hydrogen-bond donors (Lipinski definition) is 2. The molecule has 1 aromatic carbocycles. The van der Waals surface area contributed by atoms with E-state index in [1.54, 1.807) is 4.90 Å². The second kappa shape index (κ2) is 9.90. The van der Waals surface area contributed by atoms with E-state index >= 15 is 0 Å². The van der Waals surface area contributed by atoms with Crippen LogP contribution < -0.4 is 10.6 Å². The number of anilines is 1. The van der Waals surface area contributed by atoms with Gasteiger partial charge in [-0.15, -0.1) is 0 Å². The molecule has 1 aliphatic carbocycles. The van der Waals surface area contributed by atoms with E-state index in [1.807, 2.05) is 50.3 Å². The number of benzene rings is 1. The predicted octanol–water partition coefficient (Wildman–Crippen LogP) is 4.39. The van der Waals surface area contributed by atoms with E-state index in [0.717, 1.165) is 19.3 Å². The molecule has 0 unspecified atom stereocenters. The molecule has 4 aliphatic rings. The van der Waals surface area contributed by atoms with E-state index in [2.05, 4.69) is 31.4 Å². The Bertz CT molecular complexity index is 1080. The van der Waals surface area contributed by atoms with Crippen LogP contribution in [0.3, 0.4) is 0 Å². The van der Waals surface area contributed by atoms with Crippen molar-refractivity contribution >= 4 is 23.4 Å². The van der Waals surface area contributed by atoms with Crippen LogP contribution in [0.15, 0.2) is 36.4 Å². The summed E-state index contributed by atoms with van der Waals surface area (Å²) >= 11 is 0. The summed E-state index contributed by atoms with van der Waals surface area (Å²) in [6.45, 7) is 10.4. The summed E-state index contributed by atoms with van der Waals surface area (Å²) in [5.74, 6) is -1.16. The van der Waals surface area contributed by atoms with Crippen molar-refractivity contribution in [2.24, 2.45) is 17.8 Å². The van der Waals surface area contributed by atoms with Gasteiger partial charge in [0.05, 0.1) is 17.9 Å². The molecule has 3 fully saturated rings. The third-order valence-corrected chi connectivity index (χ3v) is 9.21. The van der Waals surface area contributed by atoms with Gasteiger partial charge in [0.15, 0.2) is 0 Å². The average molecular weight is 508 g/mol. The topological polar surface area (TPSA) is 87.7 Å². The fourth-order valence-electron chi connectivity index (χ4n) is 6.85. The van der Waals surface area contributed by atoms with E-state index in [4.69, 9.17) is 4.74 Å². The highest BCUT2D eigenvalue weighted by Crippen LogP contribution is 2.55. The standard InChI is InChI=1S/C30H41N3O4/c1-6-19(5)33-26(28(35)32-22-10-8-7-9-18(22)4)30-16-15-23(37-30)24(25(30)29(33)36)27(34)31-21-13-11-20(12-14-21)17(2)3/h11-19,22-26H,6-10H2,1-5H3,(H,31,34)(H,32,35)/t18-,19-,22+,23-,24+,25-,26-,30-/m0/s1. The van der Waals surface area contributed by atoms with Crippen molar-refractivity contribution in [3.05, 3.63) is 42.0 Å². The van der Waals surface area contributed by atoms with Gasteiger partial charge in [0, 0.05) is 17.8 Å². The first-order valence-corrected chi connectivity index (χ1v) is 14.1. The number of carbonyl (C=O) groups is 3. The smallest absolute Gasteiger partial charge is 0.246 e. The minimum absolute atomic E-state index is 0.0982. The Balaban J connectivity index is 1.42. The zero-order valence-electron chi connectivity index (χ0n) is 22.7. The first-order chi connectivity index (χ1) is 17.7. The molecule has 37 heavy (non-hydrogen) atoms. The first-order valence-electron chi connectivity index (χ1n) is 14.1. The number of likely N-dealkylation sites (tertiary alicyclic amines) is 1. The van der Waals surface area contributed by atoms with E-state index < -0.39 is 29.6 Å². The first kappa shape index (κ1) is 26.0. The zero-order valence-corrected chi connectivity index (χ0v) is 22.7. The SMILES string of the molecule is CC[C@H](C)N1C(=O)[C@@H]2[C@H](C(=O)Nc3ccc(C(C)C)cc3)[C@@H]3C=C[C@@]2(O3)[C@@H]1C(=O)N[C@@H]1CCCC[C@@H]1C. The number of nitrogens with one attached hydrogen (secondary N) is 2. The van der Waals surface area contributed by atoms with Crippen LogP contribution in [-0.4, -0.2) is 52.5 Å². The van der Waals surface area contributed by atoms with Gasteiger partial charge in [-0.25, -0.2) is 0 Å². The molecule has 3 amide bonds. The number of hydrogen-bond acceptors (Lipinski definition) is 4. The summed E-state index contributed by atoms with van der Waals surface area (Å²) in [6, 6.07) is 7.00. The largest absolute Gasteiger partial charge is 0.359 e. The molecule has 7 heteroatoms. The van der Waals surface area contributed by atoms with Crippen LogP contribution in [0.5, 0.6) is 0 Å². The third-order valence-electron chi connectivity index (χ3n) is 9.21. The molecule has 2 N–H and O–H groups in total. The third kappa shape index (κ3) is 4.29. The number of fused-ring (bicyclic) bond motifs is 1. The van der Waals surface area contributed by atoms with Gasteiger partial charge in [0.2, 0.25) is 17.7 Å². The molecule has 2 saturated heterocycles. The highest BCUT2D eigenvalue weighted by Gasteiger charge is 2.73. The van der Waals surface area contributed by atoms with E-state index in [-0.39, 0.29) is 29.8 Å². The Morgan fingerprint density at radius 1 is 1.11 bits per heavy atom. The van der Waals surface area contributed by atoms with Crippen LogP contribution in [0.1, 0.15) is 78.2 Å². The molecule has 0 aromatic heterocycles. The van der Waals surface area contributed by atoms with Gasteiger partial charge in [-0.3, -0.25) is 14.4 Å². The summed E-state index contributed by atoms with van der Waals surface area (Å²) < 4.78 is 6.46. The van der Waals surface area contributed by atoms with Crippen molar-refractivity contribution in [1.82, 2.24) is 10.2 Å². The molecule has 1 aromatic rings. The molecular weight excluding hydrogens is 466 g/mol. The summed E-state index contributed by atoms with van der Waals surface area (Å²) in [6.07, 6.45) is 8.28. The molecule has 8 atom stereocenters. The minimum atomic E-state index is -1.11. The van der Waals surface area contributed by atoms with Crippen molar-refractivity contribution in [3.8, 4) is 0 Å². The summed E-state index contributed by atoms with van der Waals surface area (Å²) in [4.78, 5) is 43.2. The maximum absolute atomic E-state index is 14.0. The quantitative estimate of drug-likeness (QED) is 0.536. The highest BCUT2D eigenvalue weighted by molar-refractivity contribution is 6.03. The van der Waals surface area contributed by atoms with Crippen molar-refractivity contribution in [2.75, 3.05) is 5.32 Å². The Morgan fingerprint density at radius 3 is 2.46 bits per heavy atom. The molecule has 1 saturated carbocycles. The average Bonchev–Trinajstić information content (AvgIpc) is 3.52. The maximum Gasteiger partial charge on any atom is 0.246 e. The zero-order chi connectivity index (χ0) is 26.5. The normalized spacial score (nSPS) is 35.1. The van der Waals surface area contributed by atoms with Crippen LogP contribution in [-0.2, 0) is 19.1 Å². The number of amides is 3. The molecule has 200 valence electrons. The van der Waals surface area contributed by atoms with Gasteiger partial charge >= 0.3 is 0 Å². The lowest BCUT2D eigenvalue weighted by Crippen LogP contribution is -2.58. The van der Waals surface area contributed by atoms with Crippen LogP contribution in [0.25, 0.3) is 0 Å². The van der Waals surface area contributed by atoms with Crippen LogP contribution in [0, 0.1) is 17.8 Å². The molecule has 3 heterocycles. The minimum Gasteiger partial charge on any atom is -0.359 e. The highest BCUT2D eigenvalue weighted by atomic mass is 16.5. The summed E-state index contributed by atoms with van der Waals surface area (Å²) in [7, 11) is 0. The lowest BCUT2D eigenvalue weighted by Gasteiger charge is -2.37. The summed E-state index contributed by atoms with van der Waals surface area (Å²) in [5.41, 5.74) is 0.774. The summed E-state index contributed by atoms with van der Waals surface area (Å²) in [5, 5.41) is 6.30. The van der Waals surface area contributed by atoms with Gasteiger partial charge in [-0.1, -0.05) is 64.8 Å². The second-order valence-corrected chi connectivity index (χ2v) is 11.8. The maximum atomic E-state index is 14.0. The Kier molecular flexibility index (Phi) is 6.94. The molecule has 2 bridgehead atoms. The second-order valence-electron chi connectivity index (χ2n) is 11.8. The Morgan fingerprint density at radius 2 is 1.81 bits per heavy atom. The van der Waals surface area contributed by atoms with E-state index in [1.165, 1.54) is 12.0 Å². The number of carbonyl (C=O) groups excluding carboxylic acids is 3. The number of rotatable bonds is 7. The Labute approximate surface area is 220 Å². The monoisotopic (exact) mass is 507 g/mol. The van der Waals surface area contributed by atoms with Gasteiger partial charge in [-0.05, 0) is 55.7 Å². The molecule has 1 spiro atoms. The van der Waals surface area contributed by atoms with Crippen molar-refractivity contribution in [2.45, 2.75) is 102 Å². The lowest BCUT2D eigenvalue weighted by atomic mass is 9.74. The fourth-order valence-corrected chi connectivity index (χ4v) is 6.85. The van der Waals surface area contributed by atoms with Crippen LogP contribution in [0.4, 0.5) is 5.69 Å². The molecule has 3 aliphatic heterocycles. The van der Waals surface area contributed by atoms with Crippen molar-refractivity contribution in [1.29, 1.82) is 0 Å². The van der Waals surface area contributed by atoms with Crippen molar-refractivity contribution in [3.63, 3.8) is 0 Å². The van der Waals surface area contributed by atoms with Gasteiger partial charge < -0.3 is 20.3 Å². The number of ether oxygens (including phenoxy) is 1. The molecule has 5 rings (SSSR count). The van der Waals surface area contributed by atoms with Gasteiger partial charge in [0.1, 0.15) is 11.6 Å². The van der Waals surface area contributed by atoms with Gasteiger partial charge in [-0.2, -0.15) is 0 Å². The predicted molar refractivity (Wildman–Crippen MR) is 143 cm³/mol. The molecule has 0 radical (unpaired) electrons. The lowest BCUT2D eigenvalue weighted by molar-refractivity contribution is -0.143. The molecular formula is C30H41N3O4.